The number of amides is 1. The van der Waals surface area contributed by atoms with Gasteiger partial charge >= 0.3 is 0 Å². The van der Waals surface area contributed by atoms with Crippen molar-refractivity contribution >= 4 is 11.6 Å². The van der Waals surface area contributed by atoms with Crippen molar-refractivity contribution in [2.45, 2.75) is 45.6 Å². The minimum Gasteiger partial charge on any atom is -0.497 e. The van der Waals surface area contributed by atoms with Gasteiger partial charge in [0.25, 0.3) is 0 Å². The van der Waals surface area contributed by atoms with Crippen LogP contribution in [0.2, 0.25) is 0 Å². The van der Waals surface area contributed by atoms with Crippen LogP contribution in [-0.4, -0.2) is 26.1 Å². The van der Waals surface area contributed by atoms with Gasteiger partial charge in [-0.1, -0.05) is 31.2 Å². The number of nitrogens with zero attached hydrogens (tertiary/aromatic N) is 1. The van der Waals surface area contributed by atoms with Crippen molar-refractivity contribution in [1.29, 1.82) is 0 Å². The molecule has 2 aromatic rings. The number of hydrogen-bond acceptors (Lipinski definition) is 3. The molecule has 2 atom stereocenters. The van der Waals surface area contributed by atoms with Gasteiger partial charge in [-0.3, -0.25) is 4.79 Å². The predicted octanol–water partition coefficient (Wildman–Crippen LogP) is 4.74. The van der Waals surface area contributed by atoms with Crippen LogP contribution in [0.4, 0.5) is 5.69 Å². The van der Waals surface area contributed by atoms with E-state index in [0.717, 1.165) is 42.3 Å². The van der Waals surface area contributed by atoms with Crippen molar-refractivity contribution in [1.82, 2.24) is 5.32 Å². The maximum atomic E-state index is 12.3. The van der Waals surface area contributed by atoms with E-state index in [2.05, 4.69) is 41.4 Å². The molecule has 4 nitrogen and oxygen atoms in total. The van der Waals surface area contributed by atoms with Gasteiger partial charge in [-0.15, -0.1) is 0 Å². The first kappa shape index (κ1) is 20.2. The van der Waals surface area contributed by atoms with Crippen LogP contribution < -0.4 is 15.0 Å². The standard InChI is InChI=1S/C24H32N2O2/c1-18-5-4-16-26(17-18)22-11-9-21(10-12-22)19(2)25-24(27)15-8-20-6-13-23(28-3)14-7-20/h6-7,9-14,18-19H,4-5,8,15-17H2,1-3H3,(H,25,27)/t18-,19+/m0/s1. The Bertz CT molecular complexity index is 755. The third-order valence-corrected chi connectivity index (χ3v) is 5.59. The lowest BCUT2D eigenvalue weighted by Gasteiger charge is -2.33. The quantitative estimate of drug-likeness (QED) is 0.754. The first-order valence-electron chi connectivity index (χ1n) is 10.3. The van der Waals surface area contributed by atoms with Crippen LogP contribution in [0, 0.1) is 5.92 Å². The summed E-state index contributed by atoms with van der Waals surface area (Å²) in [5, 5.41) is 3.12. The number of piperidine rings is 1. The smallest absolute Gasteiger partial charge is 0.220 e. The predicted molar refractivity (Wildman–Crippen MR) is 115 cm³/mol. The van der Waals surface area contributed by atoms with Gasteiger partial charge in [0.05, 0.1) is 13.2 Å². The molecule has 0 unspecified atom stereocenters. The molecule has 1 N–H and O–H groups in total. The lowest BCUT2D eigenvalue weighted by atomic mass is 9.99. The van der Waals surface area contributed by atoms with E-state index in [1.54, 1.807) is 7.11 Å². The van der Waals surface area contributed by atoms with Gasteiger partial charge in [-0.25, -0.2) is 0 Å². The number of hydrogen-bond donors (Lipinski definition) is 1. The average molecular weight is 381 g/mol. The molecule has 3 rings (SSSR count). The summed E-state index contributed by atoms with van der Waals surface area (Å²) in [5.41, 5.74) is 3.57. The fourth-order valence-electron chi connectivity index (χ4n) is 3.84. The molecule has 0 bridgehead atoms. The van der Waals surface area contributed by atoms with Gasteiger partial charge in [0.1, 0.15) is 5.75 Å². The Morgan fingerprint density at radius 3 is 2.54 bits per heavy atom. The lowest BCUT2D eigenvalue weighted by Crippen LogP contribution is -2.34. The molecule has 0 saturated carbocycles. The molecule has 150 valence electrons. The van der Waals surface area contributed by atoms with Crippen molar-refractivity contribution in [3.05, 3.63) is 59.7 Å². The van der Waals surface area contributed by atoms with E-state index < -0.39 is 0 Å². The second kappa shape index (κ2) is 9.63. The minimum atomic E-state index is 0.0118. The number of anilines is 1. The summed E-state index contributed by atoms with van der Waals surface area (Å²) in [7, 11) is 1.66. The zero-order chi connectivity index (χ0) is 19.9. The second-order valence-corrected chi connectivity index (χ2v) is 7.92. The highest BCUT2D eigenvalue weighted by molar-refractivity contribution is 5.76. The molecule has 0 aromatic heterocycles. The zero-order valence-corrected chi connectivity index (χ0v) is 17.3. The first-order chi connectivity index (χ1) is 13.5. The average Bonchev–Trinajstić information content (AvgIpc) is 2.72. The van der Waals surface area contributed by atoms with Gasteiger partial charge in [-0.05, 0) is 67.5 Å². The van der Waals surface area contributed by atoms with Crippen molar-refractivity contribution in [2.24, 2.45) is 5.92 Å². The zero-order valence-electron chi connectivity index (χ0n) is 17.3. The minimum absolute atomic E-state index is 0.0118. The molecule has 0 aliphatic carbocycles. The molecule has 28 heavy (non-hydrogen) atoms. The van der Waals surface area contributed by atoms with Crippen LogP contribution in [0.15, 0.2) is 48.5 Å². The van der Waals surface area contributed by atoms with Crippen LogP contribution in [-0.2, 0) is 11.2 Å². The van der Waals surface area contributed by atoms with Crippen LogP contribution >= 0.6 is 0 Å². The van der Waals surface area contributed by atoms with Crippen molar-refractivity contribution in [2.75, 3.05) is 25.1 Å². The van der Waals surface area contributed by atoms with E-state index in [9.17, 15) is 4.79 Å². The molecule has 1 aliphatic heterocycles. The van der Waals surface area contributed by atoms with Crippen LogP contribution in [0.5, 0.6) is 5.75 Å². The van der Waals surface area contributed by atoms with Crippen molar-refractivity contribution in [3.8, 4) is 5.75 Å². The van der Waals surface area contributed by atoms with Gasteiger partial charge in [-0.2, -0.15) is 0 Å². The summed E-state index contributed by atoms with van der Waals surface area (Å²) < 4.78 is 5.17. The lowest BCUT2D eigenvalue weighted by molar-refractivity contribution is -0.121. The fourth-order valence-corrected chi connectivity index (χ4v) is 3.84. The molecule has 1 heterocycles. The Balaban J connectivity index is 1.49. The number of carbonyl (C=O) groups excluding carboxylic acids is 1. The van der Waals surface area contributed by atoms with E-state index in [1.165, 1.54) is 18.5 Å². The van der Waals surface area contributed by atoms with Gasteiger partial charge in [0.15, 0.2) is 0 Å². The summed E-state index contributed by atoms with van der Waals surface area (Å²) in [6, 6.07) is 16.6. The summed E-state index contributed by atoms with van der Waals surface area (Å²) >= 11 is 0. The van der Waals surface area contributed by atoms with Crippen LogP contribution in [0.25, 0.3) is 0 Å². The molecule has 0 radical (unpaired) electrons. The van der Waals surface area contributed by atoms with Crippen molar-refractivity contribution in [3.63, 3.8) is 0 Å². The van der Waals surface area contributed by atoms with Crippen molar-refractivity contribution < 1.29 is 9.53 Å². The monoisotopic (exact) mass is 380 g/mol. The topological polar surface area (TPSA) is 41.6 Å². The summed E-state index contributed by atoms with van der Waals surface area (Å²) in [6.07, 6.45) is 3.81. The number of ether oxygens (including phenoxy) is 1. The van der Waals surface area contributed by atoms with Gasteiger partial charge < -0.3 is 15.0 Å². The van der Waals surface area contributed by atoms with Crippen LogP contribution in [0.1, 0.15) is 50.3 Å². The molecule has 1 saturated heterocycles. The maximum absolute atomic E-state index is 12.3. The molecule has 2 aromatic carbocycles. The Hall–Kier alpha value is -2.49. The Labute approximate surface area is 168 Å². The fraction of sp³-hybridized carbons (Fsp3) is 0.458. The number of nitrogens with one attached hydrogen (secondary N) is 1. The number of methoxy groups -OCH3 is 1. The summed E-state index contributed by atoms with van der Waals surface area (Å²) in [6.45, 7) is 6.64. The third kappa shape index (κ3) is 5.51. The number of rotatable bonds is 7. The largest absolute Gasteiger partial charge is 0.497 e. The molecule has 4 heteroatoms. The van der Waals surface area contributed by atoms with E-state index >= 15 is 0 Å². The highest BCUT2D eigenvalue weighted by Gasteiger charge is 2.17. The number of benzene rings is 2. The van der Waals surface area contributed by atoms with E-state index in [-0.39, 0.29) is 11.9 Å². The Kier molecular flexibility index (Phi) is 6.96. The van der Waals surface area contributed by atoms with Gasteiger partial charge in [0.2, 0.25) is 5.91 Å². The third-order valence-electron chi connectivity index (χ3n) is 5.59. The number of aryl methyl sites for hydroxylation is 1. The second-order valence-electron chi connectivity index (χ2n) is 7.92. The normalized spacial score (nSPS) is 17.8. The Morgan fingerprint density at radius 1 is 1.18 bits per heavy atom. The maximum Gasteiger partial charge on any atom is 0.220 e. The van der Waals surface area contributed by atoms with Gasteiger partial charge in [0, 0.05) is 25.2 Å². The highest BCUT2D eigenvalue weighted by atomic mass is 16.5. The van der Waals surface area contributed by atoms with E-state index in [4.69, 9.17) is 4.74 Å². The molecule has 1 amide bonds. The molecular weight excluding hydrogens is 348 g/mol. The summed E-state index contributed by atoms with van der Waals surface area (Å²) in [5.74, 6) is 1.68. The highest BCUT2D eigenvalue weighted by Crippen LogP contribution is 2.24. The number of carbonyl (C=O) groups is 1. The van der Waals surface area contributed by atoms with E-state index in [0.29, 0.717) is 6.42 Å². The molecular formula is C24H32N2O2. The molecule has 0 spiro atoms. The molecule has 1 aliphatic rings. The van der Waals surface area contributed by atoms with E-state index in [1.807, 2.05) is 31.2 Å². The Morgan fingerprint density at radius 2 is 1.89 bits per heavy atom. The summed E-state index contributed by atoms with van der Waals surface area (Å²) in [4.78, 5) is 14.8. The van der Waals surface area contributed by atoms with Crippen LogP contribution in [0.3, 0.4) is 0 Å². The SMILES string of the molecule is COc1ccc(CCC(=O)N[C@H](C)c2ccc(N3CCC[C@H](C)C3)cc2)cc1. The first-order valence-corrected chi connectivity index (χ1v) is 10.3. The molecule has 1 fully saturated rings.